The molecule has 35 heavy (non-hydrogen) atoms. The van der Waals surface area contributed by atoms with Crippen LogP contribution in [0.1, 0.15) is 17.9 Å². The van der Waals surface area contributed by atoms with Crippen LogP contribution in [0.3, 0.4) is 0 Å². The van der Waals surface area contributed by atoms with Crippen LogP contribution in [0.5, 0.6) is 0 Å². The van der Waals surface area contributed by atoms with Crippen LogP contribution in [-0.2, 0) is 11.3 Å². The van der Waals surface area contributed by atoms with E-state index in [2.05, 4.69) is 15.2 Å². The zero-order valence-electron chi connectivity index (χ0n) is 18.6. The van der Waals surface area contributed by atoms with Crippen LogP contribution in [0.2, 0.25) is 0 Å². The summed E-state index contributed by atoms with van der Waals surface area (Å²) in [7, 11) is 3.47. The predicted molar refractivity (Wildman–Crippen MR) is 121 cm³/mol. The minimum absolute atomic E-state index is 0.101. The number of hydrogen-bond donors (Lipinski definition) is 0. The molecule has 0 aliphatic rings. The number of carbonyl (C=O) groups excluding carboxylic acids is 1. The lowest BCUT2D eigenvalue weighted by Gasteiger charge is -2.26. The molecule has 11 heteroatoms. The van der Waals surface area contributed by atoms with Crippen molar-refractivity contribution in [2.45, 2.75) is 13.0 Å². The predicted octanol–water partition coefficient (Wildman–Crippen LogP) is 5.24. The average molecular weight is 485 g/mol. The monoisotopic (exact) mass is 485 g/mol. The summed E-state index contributed by atoms with van der Waals surface area (Å²) in [6.07, 6.45) is 0.635. The molecule has 0 spiro atoms. The summed E-state index contributed by atoms with van der Waals surface area (Å²) in [6.45, 7) is -0.214. The van der Waals surface area contributed by atoms with Crippen molar-refractivity contribution in [1.29, 1.82) is 0 Å². The number of rotatable bonds is 8. The highest BCUT2D eigenvalue weighted by Crippen LogP contribution is 2.36. The lowest BCUT2D eigenvalue weighted by molar-refractivity contribution is -0.107. The number of benzene rings is 2. The van der Waals surface area contributed by atoms with Gasteiger partial charge in [-0.25, -0.2) is 8.78 Å². The first-order valence-corrected chi connectivity index (χ1v) is 10.3. The maximum absolute atomic E-state index is 15.1. The Labute approximate surface area is 197 Å². The SMILES string of the molecule is CN(C)c1cc(-c2cccnc2)c(F)cc1N(C=O)Cc1ccc(-c2nnc(C(F)F)o2)cc1F. The largest absolute Gasteiger partial charge is 0.415 e. The zero-order valence-corrected chi connectivity index (χ0v) is 18.6. The Hall–Kier alpha value is -4.28. The quantitative estimate of drug-likeness (QED) is 0.251. The Bertz CT molecular complexity index is 1350. The summed E-state index contributed by atoms with van der Waals surface area (Å²) in [5.74, 6) is -2.44. The third-order valence-corrected chi connectivity index (χ3v) is 5.22. The smallest absolute Gasteiger partial charge is 0.314 e. The van der Waals surface area contributed by atoms with Gasteiger partial charge in [-0.05, 0) is 24.3 Å². The summed E-state index contributed by atoms with van der Waals surface area (Å²) in [6, 6.07) is 10.0. The molecule has 2 aromatic carbocycles. The van der Waals surface area contributed by atoms with Gasteiger partial charge in [0.1, 0.15) is 11.6 Å². The standard InChI is InChI=1S/C24H19F4N5O2/c1-32(2)20-9-17(15-4-3-7-29-11-15)19(26)10-21(20)33(13-34)12-16-6-5-14(8-18(16)25)23-30-31-24(35-23)22(27)28/h3-11,13,22H,12H2,1-2H3. The minimum atomic E-state index is -2.95. The number of amides is 1. The summed E-state index contributed by atoms with van der Waals surface area (Å²) < 4.78 is 60.1. The highest BCUT2D eigenvalue weighted by molar-refractivity contribution is 5.87. The summed E-state index contributed by atoms with van der Waals surface area (Å²) >= 11 is 0. The van der Waals surface area contributed by atoms with Crippen molar-refractivity contribution in [3.63, 3.8) is 0 Å². The maximum atomic E-state index is 15.1. The van der Waals surface area contributed by atoms with Gasteiger partial charge in [0, 0.05) is 54.8 Å². The number of carbonyl (C=O) groups is 1. The summed E-state index contributed by atoms with van der Waals surface area (Å²) in [5, 5.41) is 6.72. The molecule has 2 heterocycles. The van der Waals surface area contributed by atoms with Crippen LogP contribution in [0.15, 0.2) is 59.3 Å². The van der Waals surface area contributed by atoms with Gasteiger partial charge in [-0.15, -0.1) is 10.2 Å². The van der Waals surface area contributed by atoms with Crippen molar-refractivity contribution in [3.05, 3.63) is 77.9 Å². The number of halogens is 4. The Kier molecular flexibility index (Phi) is 6.76. The Morgan fingerprint density at radius 1 is 1.00 bits per heavy atom. The molecule has 0 atom stereocenters. The van der Waals surface area contributed by atoms with E-state index < -0.39 is 24.0 Å². The van der Waals surface area contributed by atoms with Gasteiger partial charge in [-0.3, -0.25) is 9.78 Å². The molecule has 0 aliphatic heterocycles. The third kappa shape index (κ3) is 4.98. The first-order valence-electron chi connectivity index (χ1n) is 10.3. The second kappa shape index (κ2) is 9.92. The van der Waals surface area contributed by atoms with Gasteiger partial charge in [-0.1, -0.05) is 12.1 Å². The van der Waals surface area contributed by atoms with Crippen molar-refractivity contribution in [2.75, 3.05) is 23.9 Å². The number of anilines is 2. The summed E-state index contributed by atoms with van der Waals surface area (Å²) in [5.41, 5.74) is 1.83. The van der Waals surface area contributed by atoms with E-state index in [1.54, 1.807) is 43.4 Å². The van der Waals surface area contributed by atoms with E-state index in [1.165, 1.54) is 29.3 Å². The fourth-order valence-electron chi connectivity index (χ4n) is 3.49. The molecule has 7 nitrogen and oxygen atoms in total. The number of alkyl halides is 2. The van der Waals surface area contributed by atoms with Crippen LogP contribution >= 0.6 is 0 Å². The van der Waals surface area contributed by atoms with Crippen LogP contribution in [0.25, 0.3) is 22.6 Å². The number of hydrogen-bond acceptors (Lipinski definition) is 6. The molecule has 0 N–H and O–H groups in total. The molecule has 0 saturated carbocycles. The van der Waals surface area contributed by atoms with Gasteiger partial charge in [0.25, 0.3) is 5.89 Å². The van der Waals surface area contributed by atoms with E-state index in [0.29, 0.717) is 23.2 Å². The van der Waals surface area contributed by atoms with Crippen LogP contribution in [0.4, 0.5) is 28.9 Å². The van der Waals surface area contributed by atoms with E-state index >= 15 is 4.39 Å². The lowest BCUT2D eigenvalue weighted by Crippen LogP contribution is -2.24. The maximum Gasteiger partial charge on any atom is 0.314 e. The van der Waals surface area contributed by atoms with E-state index in [-0.39, 0.29) is 29.2 Å². The van der Waals surface area contributed by atoms with Gasteiger partial charge in [0.05, 0.1) is 17.9 Å². The van der Waals surface area contributed by atoms with Crippen LogP contribution in [-0.4, -0.2) is 35.7 Å². The second-order valence-corrected chi connectivity index (χ2v) is 7.74. The van der Waals surface area contributed by atoms with Gasteiger partial charge in [0.2, 0.25) is 12.3 Å². The number of pyridine rings is 1. The second-order valence-electron chi connectivity index (χ2n) is 7.74. The molecule has 0 bridgehead atoms. The fraction of sp³-hybridized carbons (Fsp3) is 0.167. The van der Waals surface area contributed by atoms with Gasteiger partial charge in [-0.2, -0.15) is 8.78 Å². The Morgan fingerprint density at radius 3 is 2.40 bits per heavy atom. The molecule has 0 fully saturated rings. The summed E-state index contributed by atoms with van der Waals surface area (Å²) in [4.78, 5) is 18.9. The van der Waals surface area contributed by atoms with Crippen molar-refractivity contribution in [1.82, 2.24) is 15.2 Å². The highest BCUT2D eigenvalue weighted by Gasteiger charge is 2.21. The minimum Gasteiger partial charge on any atom is -0.415 e. The Morgan fingerprint density at radius 2 is 1.80 bits per heavy atom. The number of nitrogens with zero attached hydrogens (tertiary/aromatic N) is 5. The van der Waals surface area contributed by atoms with Gasteiger partial charge in [0.15, 0.2) is 0 Å². The van der Waals surface area contributed by atoms with E-state index in [4.69, 9.17) is 4.42 Å². The first-order chi connectivity index (χ1) is 16.8. The topological polar surface area (TPSA) is 75.4 Å². The molecule has 0 aliphatic carbocycles. The Balaban J connectivity index is 1.66. The van der Waals surface area contributed by atoms with Gasteiger partial charge < -0.3 is 14.2 Å². The molecule has 2 aromatic heterocycles. The highest BCUT2D eigenvalue weighted by atomic mass is 19.3. The van der Waals surface area contributed by atoms with Gasteiger partial charge >= 0.3 is 6.43 Å². The average Bonchev–Trinajstić information content (AvgIpc) is 3.34. The van der Waals surface area contributed by atoms with Crippen LogP contribution in [0, 0.1) is 11.6 Å². The first kappa shape index (κ1) is 23.9. The molecular weight excluding hydrogens is 466 g/mol. The number of aromatic nitrogens is 3. The van der Waals surface area contributed by atoms with Crippen molar-refractivity contribution >= 4 is 17.8 Å². The van der Waals surface area contributed by atoms with Crippen molar-refractivity contribution in [2.24, 2.45) is 0 Å². The molecule has 4 rings (SSSR count). The lowest BCUT2D eigenvalue weighted by atomic mass is 10.0. The molecule has 180 valence electrons. The van der Waals surface area contributed by atoms with Crippen molar-refractivity contribution in [3.8, 4) is 22.6 Å². The normalized spacial score (nSPS) is 11.1. The molecule has 0 saturated heterocycles. The van der Waals surface area contributed by atoms with E-state index in [9.17, 15) is 18.0 Å². The molecule has 4 aromatic rings. The molecule has 0 unspecified atom stereocenters. The van der Waals surface area contributed by atoms with E-state index in [0.717, 1.165) is 6.07 Å². The van der Waals surface area contributed by atoms with Crippen molar-refractivity contribution < 1.29 is 26.8 Å². The third-order valence-electron chi connectivity index (χ3n) is 5.22. The molecule has 1 amide bonds. The molecule has 0 radical (unpaired) electrons. The fourth-order valence-corrected chi connectivity index (χ4v) is 3.49. The van der Waals surface area contributed by atoms with Crippen LogP contribution < -0.4 is 9.80 Å². The zero-order chi connectivity index (χ0) is 25.1. The molecular formula is C24H19F4N5O2. The van der Waals surface area contributed by atoms with E-state index in [1.807, 2.05) is 0 Å².